The Balaban J connectivity index is 1.91. The highest BCUT2D eigenvalue weighted by Crippen LogP contribution is 2.33. The van der Waals surface area contributed by atoms with Gasteiger partial charge >= 0.3 is 0 Å². The Hall–Kier alpha value is -1.94. The van der Waals surface area contributed by atoms with E-state index in [1.807, 2.05) is 32.0 Å². The van der Waals surface area contributed by atoms with E-state index in [-0.39, 0.29) is 6.04 Å². The van der Waals surface area contributed by atoms with Crippen LogP contribution in [-0.2, 0) is 6.42 Å². The minimum atomic E-state index is -0.409. The van der Waals surface area contributed by atoms with Gasteiger partial charge in [-0.1, -0.05) is 24.3 Å². The van der Waals surface area contributed by atoms with E-state index in [9.17, 15) is 5.11 Å². The van der Waals surface area contributed by atoms with Crippen molar-refractivity contribution in [3.8, 4) is 0 Å². The highest BCUT2D eigenvalue weighted by molar-refractivity contribution is 5.45. The zero-order valence-electron chi connectivity index (χ0n) is 11.1. The lowest BCUT2D eigenvalue weighted by Gasteiger charge is -2.19. The van der Waals surface area contributed by atoms with E-state index in [0.29, 0.717) is 6.42 Å². The van der Waals surface area contributed by atoms with Crippen LogP contribution < -0.4 is 5.32 Å². The van der Waals surface area contributed by atoms with Crippen molar-refractivity contribution in [2.75, 3.05) is 5.32 Å². The molecule has 3 rings (SSSR count). The van der Waals surface area contributed by atoms with Gasteiger partial charge in [0.05, 0.1) is 12.1 Å². The van der Waals surface area contributed by atoms with Gasteiger partial charge in [0.1, 0.15) is 11.6 Å². The van der Waals surface area contributed by atoms with Gasteiger partial charge in [0, 0.05) is 18.2 Å². The van der Waals surface area contributed by atoms with Gasteiger partial charge in [0.25, 0.3) is 0 Å². The smallest absolute Gasteiger partial charge is 0.130 e. The van der Waals surface area contributed by atoms with Crippen LogP contribution in [0.4, 0.5) is 5.82 Å². The number of rotatable bonds is 2. The summed E-state index contributed by atoms with van der Waals surface area (Å²) in [6.45, 7) is 3.82. The standard InChI is InChI=1S/C15H17N3O/c1-9-7-14(17-10(2)16-9)18-15-12-6-4-3-5-11(12)8-13(15)19/h3-7,13,15,19H,8H2,1-2H3,(H,16,17,18)/t13-,15+/m0/s1. The number of aryl methyl sites for hydroxylation is 2. The molecule has 0 bridgehead atoms. The van der Waals surface area contributed by atoms with Gasteiger partial charge in [0.2, 0.25) is 0 Å². The minimum absolute atomic E-state index is 0.0927. The third-order valence-corrected chi connectivity index (χ3v) is 3.47. The number of aliphatic hydroxyl groups is 1. The van der Waals surface area contributed by atoms with E-state index in [1.54, 1.807) is 0 Å². The normalized spacial score (nSPS) is 21.2. The molecule has 0 saturated carbocycles. The molecule has 0 radical (unpaired) electrons. The molecular weight excluding hydrogens is 238 g/mol. The zero-order chi connectivity index (χ0) is 13.4. The van der Waals surface area contributed by atoms with Crippen LogP contribution in [0.15, 0.2) is 30.3 Å². The predicted molar refractivity (Wildman–Crippen MR) is 74.0 cm³/mol. The van der Waals surface area contributed by atoms with Crippen molar-refractivity contribution in [3.63, 3.8) is 0 Å². The molecule has 4 heteroatoms. The van der Waals surface area contributed by atoms with Crippen molar-refractivity contribution in [1.82, 2.24) is 9.97 Å². The second-order valence-corrected chi connectivity index (χ2v) is 5.03. The Morgan fingerprint density at radius 2 is 2.00 bits per heavy atom. The number of aromatic nitrogens is 2. The SMILES string of the molecule is Cc1cc(N[C@@H]2c3ccccc3C[C@@H]2O)nc(C)n1. The number of fused-ring (bicyclic) bond motifs is 1. The fraction of sp³-hybridized carbons (Fsp3) is 0.333. The largest absolute Gasteiger partial charge is 0.390 e. The third-order valence-electron chi connectivity index (χ3n) is 3.47. The maximum atomic E-state index is 10.2. The lowest BCUT2D eigenvalue weighted by atomic mass is 10.1. The summed E-state index contributed by atoms with van der Waals surface area (Å²) >= 11 is 0. The molecule has 2 aromatic rings. The average Bonchev–Trinajstić information content (AvgIpc) is 2.65. The maximum Gasteiger partial charge on any atom is 0.130 e. The Morgan fingerprint density at radius 1 is 1.21 bits per heavy atom. The second kappa shape index (κ2) is 4.63. The van der Waals surface area contributed by atoms with E-state index in [2.05, 4.69) is 27.4 Å². The van der Waals surface area contributed by atoms with Crippen molar-refractivity contribution < 1.29 is 5.11 Å². The Kier molecular flexibility index (Phi) is 2.95. The molecule has 0 saturated heterocycles. The zero-order valence-corrected chi connectivity index (χ0v) is 11.1. The maximum absolute atomic E-state index is 10.2. The highest BCUT2D eigenvalue weighted by Gasteiger charge is 2.30. The van der Waals surface area contributed by atoms with Crippen LogP contribution >= 0.6 is 0 Å². The molecule has 0 fully saturated rings. The molecule has 0 aliphatic heterocycles. The van der Waals surface area contributed by atoms with Crippen molar-refractivity contribution in [1.29, 1.82) is 0 Å². The summed E-state index contributed by atoms with van der Waals surface area (Å²) in [5.74, 6) is 1.51. The minimum Gasteiger partial charge on any atom is -0.390 e. The molecule has 1 aliphatic rings. The molecule has 19 heavy (non-hydrogen) atoms. The van der Waals surface area contributed by atoms with E-state index in [4.69, 9.17) is 0 Å². The van der Waals surface area contributed by atoms with Crippen LogP contribution in [-0.4, -0.2) is 21.2 Å². The first-order chi connectivity index (χ1) is 9.13. The number of benzene rings is 1. The van der Waals surface area contributed by atoms with Crippen LogP contribution in [0.2, 0.25) is 0 Å². The molecule has 2 atom stereocenters. The summed E-state index contributed by atoms with van der Waals surface area (Å²) < 4.78 is 0. The third kappa shape index (κ3) is 2.31. The second-order valence-electron chi connectivity index (χ2n) is 5.03. The van der Waals surface area contributed by atoms with Crippen molar-refractivity contribution in [2.45, 2.75) is 32.4 Å². The summed E-state index contributed by atoms with van der Waals surface area (Å²) in [7, 11) is 0. The number of anilines is 1. The summed E-state index contributed by atoms with van der Waals surface area (Å²) in [6.07, 6.45) is 0.282. The predicted octanol–water partition coefficient (Wildman–Crippen LogP) is 2.16. The molecule has 0 unspecified atom stereocenters. The Labute approximate surface area is 112 Å². The molecular formula is C15H17N3O. The molecule has 1 aliphatic carbocycles. The summed E-state index contributed by atoms with van der Waals surface area (Å²) in [5, 5.41) is 13.5. The van der Waals surface area contributed by atoms with Gasteiger partial charge in [-0.25, -0.2) is 9.97 Å². The lowest BCUT2D eigenvalue weighted by Crippen LogP contribution is -2.22. The van der Waals surface area contributed by atoms with Crippen molar-refractivity contribution >= 4 is 5.82 Å². The van der Waals surface area contributed by atoms with E-state index in [1.165, 1.54) is 5.56 Å². The van der Waals surface area contributed by atoms with Crippen LogP contribution in [0.1, 0.15) is 28.7 Å². The molecule has 4 nitrogen and oxygen atoms in total. The molecule has 1 aromatic carbocycles. The quantitative estimate of drug-likeness (QED) is 0.863. The van der Waals surface area contributed by atoms with Crippen LogP contribution in [0, 0.1) is 13.8 Å². The first-order valence-electron chi connectivity index (χ1n) is 6.48. The molecule has 0 amide bonds. The fourth-order valence-corrected chi connectivity index (χ4v) is 2.70. The fourth-order valence-electron chi connectivity index (χ4n) is 2.70. The van der Waals surface area contributed by atoms with Gasteiger partial charge in [-0.15, -0.1) is 0 Å². The van der Waals surface area contributed by atoms with Crippen LogP contribution in [0.25, 0.3) is 0 Å². The average molecular weight is 255 g/mol. The number of hydrogen-bond acceptors (Lipinski definition) is 4. The monoisotopic (exact) mass is 255 g/mol. The lowest BCUT2D eigenvalue weighted by molar-refractivity contribution is 0.165. The highest BCUT2D eigenvalue weighted by atomic mass is 16.3. The van der Waals surface area contributed by atoms with Crippen molar-refractivity contribution in [2.24, 2.45) is 0 Å². The summed E-state index contributed by atoms with van der Waals surface area (Å²) in [6, 6.07) is 9.95. The van der Waals surface area contributed by atoms with E-state index in [0.717, 1.165) is 22.9 Å². The number of nitrogens with zero attached hydrogens (tertiary/aromatic N) is 2. The molecule has 98 valence electrons. The van der Waals surface area contributed by atoms with Gasteiger partial charge in [-0.3, -0.25) is 0 Å². The van der Waals surface area contributed by atoms with Gasteiger partial charge < -0.3 is 10.4 Å². The number of hydrogen-bond donors (Lipinski definition) is 2. The summed E-state index contributed by atoms with van der Waals surface area (Å²) in [4.78, 5) is 8.63. The van der Waals surface area contributed by atoms with Crippen LogP contribution in [0.3, 0.4) is 0 Å². The van der Waals surface area contributed by atoms with Crippen molar-refractivity contribution in [3.05, 3.63) is 53.0 Å². The van der Waals surface area contributed by atoms with Gasteiger partial charge in [-0.2, -0.15) is 0 Å². The molecule has 0 spiro atoms. The Morgan fingerprint density at radius 3 is 2.79 bits per heavy atom. The van der Waals surface area contributed by atoms with Gasteiger partial charge in [0.15, 0.2) is 0 Å². The van der Waals surface area contributed by atoms with E-state index < -0.39 is 6.10 Å². The summed E-state index contributed by atoms with van der Waals surface area (Å²) in [5.41, 5.74) is 3.29. The number of aliphatic hydroxyl groups excluding tert-OH is 1. The molecule has 1 heterocycles. The van der Waals surface area contributed by atoms with Gasteiger partial charge in [-0.05, 0) is 25.0 Å². The first-order valence-corrected chi connectivity index (χ1v) is 6.48. The van der Waals surface area contributed by atoms with E-state index >= 15 is 0 Å². The first kappa shape index (κ1) is 12.1. The number of nitrogens with one attached hydrogen (secondary N) is 1. The Bertz CT molecular complexity index is 592. The topological polar surface area (TPSA) is 58.0 Å². The molecule has 2 N–H and O–H groups in total. The van der Waals surface area contributed by atoms with Crippen LogP contribution in [0.5, 0.6) is 0 Å². The molecule has 1 aromatic heterocycles.